The molecule has 0 fully saturated rings. The summed E-state index contributed by atoms with van der Waals surface area (Å²) in [7, 11) is -4.35. The van der Waals surface area contributed by atoms with Gasteiger partial charge in [0.15, 0.2) is 11.6 Å². The molecule has 0 heterocycles. The van der Waals surface area contributed by atoms with Crippen LogP contribution >= 0.6 is 22.6 Å². The highest BCUT2D eigenvalue weighted by Gasteiger charge is 2.25. The van der Waals surface area contributed by atoms with Crippen molar-refractivity contribution in [1.29, 1.82) is 0 Å². The van der Waals surface area contributed by atoms with Gasteiger partial charge in [-0.2, -0.15) is 13.1 Å². The lowest BCUT2D eigenvalue weighted by molar-refractivity contribution is 0.0998. The lowest BCUT2D eigenvalue weighted by atomic mass is 10.1. The van der Waals surface area contributed by atoms with Gasteiger partial charge in [-0.1, -0.05) is 12.1 Å². The van der Waals surface area contributed by atoms with Crippen LogP contribution in [0, 0.1) is 21.0 Å². The van der Waals surface area contributed by atoms with Crippen LogP contribution in [0.4, 0.5) is 29.3 Å². The predicted molar refractivity (Wildman–Crippen MR) is 131 cm³/mol. The Morgan fingerprint density at radius 1 is 1.06 bits per heavy atom. The molecule has 3 aromatic rings. The fraction of sp³-hybridized carbons (Fsp3) is 0.0476. The second-order valence-electron chi connectivity index (χ2n) is 7.02. The molecule has 6 N–H and O–H groups in total. The molecule has 0 spiro atoms. The van der Waals surface area contributed by atoms with E-state index in [4.69, 9.17) is 15.6 Å². The van der Waals surface area contributed by atoms with Crippen molar-refractivity contribution in [1.82, 2.24) is 9.44 Å². The van der Waals surface area contributed by atoms with Crippen LogP contribution < -0.4 is 25.2 Å². The minimum atomic E-state index is -4.35. The Kier molecular flexibility index (Phi) is 8.26. The molecule has 0 radical (unpaired) electrons. The number of halogens is 4. The van der Waals surface area contributed by atoms with E-state index in [0.717, 1.165) is 6.07 Å². The first-order valence-electron chi connectivity index (χ1n) is 9.67. The Balaban J connectivity index is 1.95. The van der Waals surface area contributed by atoms with Crippen molar-refractivity contribution in [2.45, 2.75) is 6.54 Å². The van der Waals surface area contributed by atoms with Gasteiger partial charge in [-0.25, -0.2) is 22.7 Å². The highest BCUT2D eigenvalue weighted by molar-refractivity contribution is 14.1. The molecule has 0 saturated heterocycles. The number of hydrogen-bond donors (Lipinski definition) is 5. The summed E-state index contributed by atoms with van der Waals surface area (Å²) < 4.78 is 76.0. The van der Waals surface area contributed by atoms with Gasteiger partial charge in [0, 0.05) is 16.2 Å². The second-order valence-corrected chi connectivity index (χ2v) is 9.76. The van der Waals surface area contributed by atoms with Crippen LogP contribution in [0.15, 0.2) is 48.5 Å². The highest BCUT2D eigenvalue weighted by Crippen LogP contribution is 2.36. The lowest BCUT2D eigenvalue weighted by Gasteiger charge is -2.17. The van der Waals surface area contributed by atoms with E-state index in [9.17, 15) is 31.2 Å². The summed E-state index contributed by atoms with van der Waals surface area (Å²) in [5.41, 5.74) is 4.07. The summed E-state index contributed by atoms with van der Waals surface area (Å²) in [6.45, 7) is -0.362. The Morgan fingerprint density at radius 2 is 1.78 bits per heavy atom. The minimum absolute atomic E-state index is 0.0298. The molecule has 3 aromatic carbocycles. The Labute approximate surface area is 216 Å². The number of carboxylic acid groups (broad SMARTS) is 1. The first-order valence-corrected chi connectivity index (χ1v) is 12.2. The molecule has 0 unspecified atom stereocenters. The van der Waals surface area contributed by atoms with Crippen molar-refractivity contribution in [3.63, 3.8) is 0 Å². The van der Waals surface area contributed by atoms with Gasteiger partial charge in [0.25, 0.3) is 5.91 Å². The van der Waals surface area contributed by atoms with E-state index >= 15 is 0 Å². The second kappa shape index (κ2) is 11.0. The molecule has 3 rings (SSSR count). The summed E-state index contributed by atoms with van der Waals surface area (Å²) in [5.74, 6) is -5.45. The summed E-state index contributed by atoms with van der Waals surface area (Å²) in [5, 5.41) is 10.9. The maximum Gasteiger partial charge on any atom is 0.419 e. The van der Waals surface area contributed by atoms with Crippen molar-refractivity contribution >= 4 is 56.2 Å². The zero-order valence-corrected chi connectivity index (χ0v) is 20.8. The number of amides is 2. The molecule has 0 bridgehead atoms. The van der Waals surface area contributed by atoms with Gasteiger partial charge in [0.05, 0.1) is 11.4 Å². The summed E-state index contributed by atoms with van der Waals surface area (Å²) in [6.07, 6.45) is -1.79. The smallest absolute Gasteiger partial charge is 0.419 e. The highest BCUT2D eigenvalue weighted by atomic mass is 127. The lowest BCUT2D eigenvalue weighted by Crippen LogP contribution is -2.39. The van der Waals surface area contributed by atoms with Gasteiger partial charge in [-0.3, -0.25) is 4.79 Å². The van der Waals surface area contributed by atoms with Crippen LogP contribution in [0.5, 0.6) is 11.5 Å². The van der Waals surface area contributed by atoms with E-state index in [-0.39, 0.29) is 23.5 Å². The molecule has 0 atom stereocenters. The maximum absolute atomic E-state index is 14.7. The molecule has 10 nitrogen and oxygen atoms in total. The number of nitrogens with two attached hydrogens (primary N) is 1. The zero-order chi connectivity index (χ0) is 26.6. The molecule has 0 aliphatic heterocycles. The number of anilines is 2. The van der Waals surface area contributed by atoms with Gasteiger partial charge in [0.2, 0.25) is 0 Å². The van der Waals surface area contributed by atoms with Gasteiger partial charge >= 0.3 is 16.3 Å². The number of ether oxygens (including phenoxy) is 1. The third-order valence-corrected chi connectivity index (χ3v) is 6.07. The zero-order valence-electron chi connectivity index (χ0n) is 17.8. The molecule has 2 amide bonds. The number of carbonyl (C=O) groups is 2. The Morgan fingerprint density at radius 3 is 2.42 bits per heavy atom. The van der Waals surface area contributed by atoms with Crippen LogP contribution in [0.1, 0.15) is 15.9 Å². The number of hydrogen-bond acceptors (Lipinski definition) is 6. The Bertz CT molecular complexity index is 1460. The van der Waals surface area contributed by atoms with Crippen molar-refractivity contribution in [2.75, 3.05) is 5.32 Å². The van der Waals surface area contributed by atoms with E-state index in [1.165, 1.54) is 41.1 Å². The SMILES string of the molecule is NC(=O)c1c(Oc2cccc(CNS(=O)(=O)NC(=O)O)c2)cc(F)c(F)c1Nc1ccc(I)cc1F. The largest absolute Gasteiger partial charge is 0.464 e. The summed E-state index contributed by atoms with van der Waals surface area (Å²) in [6, 6.07) is 10.0. The van der Waals surface area contributed by atoms with Crippen molar-refractivity contribution in [2.24, 2.45) is 5.73 Å². The number of primary amides is 1. The predicted octanol–water partition coefficient (Wildman–Crippen LogP) is 3.95. The fourth-order valence-corrected chi connectivity index (χ4v) is 4.06. The van der Waals surface area contributed by atoms with E-state index in [1.54, 1.807) is 0 Å². The summed E-state index contributed by atoms with van der Waals surface area (Å²) in [4.78, 5) is 22.7. The minimum Gasteiger partial charge on any atom is -0.464 e. The van der Waals surface area contributed by atoms with Crippen LogP contribution in [-0.2, 0) is 16.8 Å². The third kappa shape index (κ3) is 6.76. The van der Waals surface area contributed by atoms with Crippen LogP contribution in [0.25, 0.3) is 0 Å². The standard InChI is InChI=1S/C21H16F3IN4O6S/c22-13-7-11(25)4-5-15(13)28-19-17(20(26)30)16(8-14(23)18(19)24)35-12-3-1-2-10(6-12)9-27-36(33,34)29-21(31)32/h1-8,27-29H,9H2,(H2,26,30)(H,31,32). The first kappa shape index (κ1) is 27.0. The molecule has 0 saturated carbocycles. The van der Waals surface area contributed by atoms with Gasteiger partial charge in [-0.05, 0) is 58.5 Å². The molecule has 190 valence electrons. The van der Waals surface area contributed by atoms with E-state index < -0.39 is 56.7 Å². The molecule has 15 heteroatoms. The Hall–Kier alpha value is -3.57. The third-order valence-electron chi connectivity index (χ3n) is 4.43. The van der Waals surface area contributed by atoms with E-state index in [2.05, 4.69) is 5.32 Å². The van der Waals surface area contributed by atoms with Crippen molar-refractivity contribution in [3.8, 4) is 11.5 Å². The van der Waals surface area contributed by atoms with E-state index in [0.29, 0.717) is 9.64 Å². The van der Waals surface area contributed by atoms with Gasteiger partial charge < -0.3 is 20.9 Å². The average molecular weight is 636 g/mol. The molecule has 0 aliphatic carbocycles. The first-order chi connectivity index (χ1) is 16.9. The molecule has 36 heavy (non-hydrogen) atoms. The van der Waals surface area contributed by atoms with Crippen molar-refractivity contribution in [3.05, 3.63) is 80.7 Å². The molecule has 0 aliphatic rings. The van der Waals surface area contributed by atoms with Gasteiger partial charge in [0.1, 0.15) is 22.9 Å². The number of carbonyl (C=O) groups excluding carboxylic acids is 1. The topological polar surface area (TPSA) is 160 Å². The molecule has 0 aromatic heterocycles. The number of rotatable bonds is 9. The molecular formula is C21H16F3IN4O6S. The van der Waals surface area contributed by atoms with Gasteiger partial charge in [-0.15, -0.1) is 0 Å². The molecular weight excluding hydrogens is 620 g/mol. The number of benzene rings is 3. The average Bonchev–Trinajstić information content (AvgIpc) is 2.76. The normalized spacial score (nSPS) is 11.1. The maximum atomic E-state index is 14.7. The van der Waals surface area contributed by atoms with E-state index in [1.807, 2.05) is 27.3 Å². The fourth-order valence-electron chi connectivity index (χ4n) is 2.95. The monoisotopic (exact) mass is 636 g/mol. The summed E-state index contributed by atoms with van der Waals surface area (Å²) >= 11 is 1.85. The van der Waals surface area contributed by atoms with Crippen LogP contribution in [0.2, 0.25) is 0 Å². The van der Waals surface area contributed by atoms with Crippen LogP contribution in [0.3, 0.4) is 0 Å². The van der Waals surface area contributed by atoms with Crippen LogP contribution in [-0.4, -0.2) is 25.5 Å². The quantitative estimate of drug-likeness (QED) is 0.223. The number of nitrogens with one attached hydrogen (secondary N) is 3. The van der Waals surface area contributed by atoms with Crippen molar-refractivity contribution < 1.29 is 41.0 Å².